The molecule has 4 rings (SSSR count). The summed E-state index contributed by atoms with van der Waals surface area (Å²) in [7, 11) is 0. The molecule has 0 radical (unpaired) electrons. The predicted octanol–water partition coefficient (Wildman–Crippen LogP) is 5.58. The number of carbonyl (C=O) groups is 2. The van der Waals surface area contributed by atoms with E-state index in [4.69, 9.17) is 0 Å². The fourth-order valence-electron chi connectivity index (χ4n) is 4.05. The number of benzene rings is 2. The molecule has 0 aliphatic carbocycles. The SMILES string of the molecule is C=CC=C(C)C(=C)C(=O)N1CCc2cc(-c3nc(NC(=O)Cc4ccc(O)cc4)sc3C)ccc21. The Morgan fingerprint density at radius 2 is 1.97 bits per heavy atom. The number of hydrogen-bond donors (Lipinski definition) is 2. The molecule has 7 heteroatoms. The first-order chi connectivity index (χ1) is 16.8. The molecule has 2 N–H and O–H groups in total. The standard InChI is InChI=1S/C28H27N3O3S/c1-5-6-17(2)18(3)27(34)31-14-13-21-16-22(9-12-24(21)31)26-19(4)35-28(30-26)29-25(33)15-20-7-10-23(32)11-8-20/h5-12,16,32H,1,3,13-15H2,2,4H3,(H,29,30,33). The first kappa shape index (κ1) is 24.2. The van der Waals surface area contributed by atoms with Gasteiger partial charge in [0.05, 0.1) is 12.1 Å². The number of amides is 2. The van der Waals surface area contributed by atoms with E-state index in [2.05, 4.69) is 29.5 Å². The van der Waals surface area contributed by atoms with Gasteiger partial charge in [-0.2, -0.15) is 0 Å². The van der Waals surface area contributed by atoms with Crippen molar-refractivity contribution < 1.29 is 14.7 Å². The van der Waals surface area contributed by atoms with Gasteiger partial charge in [-0.1, -0.05) is 43.5 Å². The molecule has 178 valence electrons. The highest BCUT2D eigenvalue weighted by Crippen LogP contribution is 2.36. The van der Waals surface area contributed by atoms with Crippen molar-refractivity contribution in [3.63, 3.8) is 0 Å². The van der Waals surface area contributed by atoms with E-state index in [1.165, 1.54) is 11.3 Å². The first-order valence-corrected chi connectivity index (χ1v) is 12.1. The molecule has 0 unspecified atom stereocenters. The van der Waals surface area contributed by atoms with E-state index in [0.29, 0.717) is 17.2 Å². The smallest absolute Gasteiger partial charge is 0.257 e. The highest BCUT2D eigenvalue weighted by molar-refractivity contribution is 7.16. The Morgan fingerprint density at radius 3 is 2.69 bits per heavy atom. The molecule has 3 aromatic rings. The fraction of sp³-hybridized carbons (Fsp3) is 0.179. The average Bonchev–Trinajstić information content (AvgIpc) is 3.42. The number of phenolic OH excluding ortho intramolecular Hbond substituents is 1. The number of allylic oxidation sites excluding steroid dienone is 2. The molecule has 0 spiro atoms. The van der Waals surface area contributed by atoms with Crippen LogP contribution in [0, 0.1) is 6.92 Å². The van der Waals surface area contributed by atoms with Crippen LogP contribution in [0.15, 0.2) is 78.9 Å². The number of aromatic nitrogens is 1. The van der Waals surface area contributed by atoms with Crippen LogP contribution in [-0.4, -0.2) is 28.4 Å². The highest BCUT2D eigenvalue weighted by atomic mass is 32.1. The van der Waals surface area contributed by atoms with E-state index in [1.807, 2.05) is 26.0 Å². The van der Waals surface area contributed by atoms with Gasteiger partial charge >= 0.3 is 0 Å². The zero-order valence-electron chi connectivity index (χ0n) is 19.8. The maximum absolute atomic E-state index is 13.0. The number of thiazole rings is 1. The number of nitrogens with one attached hydrogen (secondary N) is 1. The maximum Gasteiger partial charge on any atom is 0.257 e. The van der Waals surface area contributed by atoms with Crippen molar-refractivity contribution in [2.24, 2.45) is 0 Å². The number of hydrogen-bond acceptors (Lipinski definition) is 5. The second kappa shape index (κ2) is 10.1. The highest BCUT2D eigenvalue weighted by Gasteiger charge is 2.27. The molecule has 0 saturated heterocycles. The lowest BCUT2D eigenvalue weighted by Crippen LogP contribution is -2.30. The number of carbonyl (C=O) groups excluding carboxylic acids is 2. The minimum atomic E-state index is -0.167. The number of phenols is 1. The van der Waals surface area contributed by atoms with Crippen LogP contribution in [0.5, 0.6) is 5.75 Å². The third kappa shape index (κ3) is 5.25. The normalized spacial score (nSPS) is 12.9. The molecule has 2 heterocycles. The molecule has 0 atom stereocenters. The number of nitrogens with zero attached hydrogens (tertiary/aromatic N) is 2. The summed E-state index contributed by atoms with van der Waals surface area (Å²) in [5.41, 5.74) is 5.81. The topological polar surface area (TPSA) is 82.5 Å². The molecular weight excluding hydrogens is 458 g/mol. The van der Waals surface area contributed by atoms with Gasteiger partial charge < -0.3 is 15.3 Å². The number of aryl methyl sites for hydroxylation is 1. The van der Waals surface area contributed by atoms with Crippen LogP contribution in [0.4, 0.5) is 10.8 Å². The van der Waals surface area contributed by atoms with E-state index in [1.54, 1.807) is 41.3 Å². The van der Waals surface area contributed by atoms with Gasteiger partial charge in [-0.25, -0.2) is 4.98 Å². The Balaban J connectivity index is 1.49. The molecule has 0 bridgehead atoms. The maximum atomic E-state index is 13.0. The minimum absolute atomic E-state index is 0.101. The second-order valence-electron chi connectivity index (χ2n) is 8.43. The van der Waals surface area contributed by atoms with Crippen molar-refractivity contribution in [3.05, 3.63) is 94.9 Å². The van der Waals surface area contributed by atoms with Crippen molar-refractivity contribution in [1.29, 1.82) is 0 Å². The van der Waals surface area contributed by atoms with Crippen molar-refractivity contribution in [3.8, 4) is 17.0 Å². The third-order valence-electron chi connectivity index (χ3n) is 5.94. The number of fused-ring (bicyclic) bond motifs is 1. The van der Waals surface area contributed by atoms with E-state index in [0.717, 1.165) is 44.9 Å². The van der Waals surface area contributed by atoms with Crippen LogP contribution < -0.4 is 10.2 Å². The van der Waals surface area contributed by atoms with Crippen molar-refractivity contribution >= 4 is 34.0 Å². The summed E-state index contributed by atoms with van der Waals surface area (Å²) in [6.07, 6.45) is 4.39. The number of anilines is 2. The van der Waals surface area contributed by atoms with Gasteiger partial charge in [-0.15, -0.1) is 11.3 Å². The van der Waals surface area contributed by atoms with Gasteiger partial charge in [-0.05, 0) is 61.2 Å². The monoisotopic (exact) mass is 485 g/mol. The van der Waals surface area contributed by atoms with E-state index < -0.39 is 0 Å². The molecule has 2 amide bonds. The molecule has 0 saturated carbocycles. The van der Waals surface area contributed by atoms with Crippen molar-refractivity contribution in [2.45, 2.75) is 26.7 Å². The van der Waals surface area contributed by atoms with Gasteiger partial charge in [0.25, 0.3) is 5.91 Å². The molecule has 1 aliphatic rings. The largest absolute Gasteiger partial charge is 0.508 e. The summed E-state index contributed by atoms with van der Waals surface area (Å²) in [5.74, 6) is -0.101. The summed E-state index contributed by atoms with van der Waals surface area (Å²) in [4.78, 5) is 32.9. The minimum Gasteiger partial charge on any atom is -0.508 e. The summed E-state index contributed by atoms with van der Waals surface area (Å²) in [6.45, 7) is 12.1. The van der Waals surface area contributed by atoms with Gasteiger partial charge in [0, 0.05) is 28.2 Å². The molecule has 1 aromatic heterocycles. The molecular formula is C28H27N3O3S. The van der Waals surface area contributed by atoms with E-state index >= 15 is 0 Å². The van der Waals surface area contributed by atoms with Crippen LogP contribution >= 0.6 is 11.3 Å². The fourth-order valence-corrected chi connectivity index (χ4v) is 4.90. The van der Waals surface area contributed by atoms with Crippen LogP contribution in [0.1, 0.15) is 22.9 Å². The summed E-state index contributed by atoms with van der Waals surface area (Å²) < 4.78 is 0. The lowest BCUT2D eigenvalue weighted by molar-refractivity contribution is -0.116. The number of aromatic hydroxyl groups is 1. The predicted molar refractivity (Wildman–Crippen MR) is 142 cm³/mol. The molecule has 1 aliphatic heterocycles. The first-order valence-electron chi connectivity index (χ1n) is 11.3. The Kier molecular flexibility index (Phi) is 6.98. The summed E-state index contributed by atoms with van der Waals surface area (Å²) >= 11 is 1.43. The zero-order chi connectivity index (χ0) is 25.1. The quantitative estimate of drug-likeness (QED) is 0.338. The van der Waals surface area contributed by atoms with Crippen LogP contribution in [0.2, 0.25) is 0 Å². The van der Waals surface area contributed by atoms with Crippen LogP contribution in [0.25, 0.3) is 11.3 Å². The zero-order valence-corrected chi connectivity index (χ0v) is 20.6. The van der Waals surface area contributed by atoms with Gasteiger partial charge in [0.15, 0.2) is 5.13 Å². The lowest BCUT2D eigenvalue weighted by Gasteiger charge is -2.19. The summed E-state index contributed by atoms with van der Waals surface area (Å²) in [5, 5.41) is 12.8. The van der Waals surface area contributed by atoms with E-state index in [9.17, 15) is 14.7 Å². The molecule has 0 fully saturated rings. The lowest BCUT2D eigenvalue weighted by atomic mass is 10.0. The Labute approximate surface area is 209 Å². The Morgan fingerprint density at radius 1 is 1.23 bits per heavy atom. The van der Waals surface area contributed by atoms with Gasteiger partial charge in [0.1, 0.15) is 5.75 Å². The molecule has 2 aromatic carbocycles. The molecule has 35 heavy (non-hydrogen) atoms. The van der Waals surface area contributed by atoms with Crippen LogP contribution in [-0.2, 0) is 22.4 Å². The van der Waals surface area contributed by atoms with Gasteiger partial charge in [-0.3, -0.25) is 9.59 Å². The average molecular weight is 486 g/mol. The summed E-state index contributed by atoms with van der Waals surface area (Å²) in [6, 6.07) is 12.6. The van der Waals surface area contributed by atoms with Crippen molar-refractivity contribution in [2.75, 3.05) is 16.8 Å². The third-order valence-corrected chi connectivity index (χ3v) is 6.83. The number of rotatable bonds is 7. The second-order valence-corrected chi connectivity index (χ2v) is 9.63. The Bertz CT molecular complexity index is 1350. The van der Waals surface area contributed by atoms with Crippen molar-refractivity contribution in [1.82, 2.24) is 4.98 Å². The van der Waals surface area contributed by atoms with Gasteiger partial charge in [0.2, 0.25) is 5.91 Å². The van der Waals surface area contributed by atoms with E-state index in [-0.39, 0.29) is 24.0 Å². The Hall–Kier alpha value is -3.97. The van der Waals surface area contributed by atoms with Crippen LogP contribution in [0.3, 0.4) is 0 Å². The molecule has 6 nitrogen and oxygen atoms in total.